The lowest BCUT2D eigenvalue weighted by Gasteiger charge is -2.15. The van der Waals surface area contributed by atoms with Crippen LogP contribution in [0.3, 0.4) is 0 Å². The Bertz CT molecular complexity index is 435. The van der Waals surface area contributed by atoms with Crippen LogP contribution in [0, 0.1) is 0 Å². The lowest BCUT2D eigenvalue weighted by atomic mass is 10.3. The quantitative estimate of drug-likeness (QED) is 0.657. The van der Waals surface area contributed by atoms with Gasteiger partial charge in [-0.2, -0.15) is 15.0 Å². The molecule has 8 nitrogen and oxygen atoms in total. The lowest BCUT2D eigenvalue weighted by Crippen LogP contribution is -2.38. The summed E-state index contributed by atoms with van der Waals surface area (Å²) in [5.41, 5.74) is 5.60. The van der Waals surface area contributed by atoms with Crippen molar-refractivity contribution in [1.29, 1.82) is 0 Å². The molecule has 1 unspecified atom stereocenters. The van der Waals surface area contributed by atoms with E-state index in [2.05, 4.69) is 25.6 Å². The van der Waals surface area contributed by atoms with E-state index in [9.17, 15) is 4.79 Å². The third kappa shape index (κ3) is 4.57. The van der Waals surface area contributed by atoms with Crippen LogP contribution in [0.4, 0.5) is 17.8 Å². The van der Waals surface area contributed by atoms with Gasteiger partial charge in [0.05, 0.1) is 0 Å². The molecule has 0 saturated carbocycles. The van der Waals surface area contributed by atoms with Crippen LogP contribution in [0.25, 0.3) is 0 Å². The van der Waals surface area contributed by atoms with Crippen molar-refractivity contribution in [2.75, 3.05) is 36.6 Å². The number of nitrogen functional groups attached to an aromatic ring is 1. The van der Waals surface area contributed by atoms with Crippen LogP contribution >= 0.6 is 0 Å². The highest BCUT2D eigenvalue weighted by atomic mass is 16.2. The van der Waals surface area contributed by atoms with E-state index < -0.39 is 6.04 Å². The maximum atomic E-state index is 11.7. The molecule has 1 rings (SSSR count). The smallest absolute Gasteiger partial charge is 0.242 e. The largest absolute Gasteiger partial charge is 0.368 e. The number of nitrogens with zero attached hydrogens (tertiary/aromatic N) is 4. The highest BCUT2D eigenvalue weighted by molar-refractivity contribution is 5.83. The van der Waals surface area contributed by atoms with Crippen LogP contribution in [0.5, 0.6) is 0 Å². The van der Waals surface area contributed by atoms with Crippen molar-refractivity contribution in [2.45, 2.75) is 26.3 Å². The molecule has 0 aliphatic carbocycles. The van der Waals surface area contributed by atoms with Crippen molar-refractivity contribution in [2.24, 2.45) is 0 Å². The molecule has 8 heteroatoms. The minimum atomic E-state index is -0.441. The Morgan fingerprint density at radius 1 is 1.37 bits per heavy atom. The molecule has 0 spiro atoms. The maximum Gasteiger partial charge on any atom is 0.242 e. The van der Waals surface area contributed by atoms with Gasteiger partial charge in [0.2, 0.25) is 23.8 Å². The Kier molecular flexibility index (Phi) is 5.28. The summed E-state index contributed by atoms with van der Waals surface area (Å²) in [4.78, 5) is 25.5. The summed E-state index contributed by atoms with van der Waals surface area (Å²) in [6.07, 6.45) is 0.891. The molecular formula is C11H21N7O. The fourth-order valence-electron chi connectivity index (χ4n) is 1.31. The Balaban J connectivity index is 2.73. The number of hydrogen-bond acceptors (Lipinski definition) is 7. The van der Waals surface area contributed by atoms with E-state index >= 15 is 0 Å². The van der Waals surface area contributed by atoms with E-state index in [1.165, 1.54) is 0 Å². The summed E-state index contributed by atoms with van der Waals surface area (Å²) >= 11 is 0. The maximum absolute atomic E-state index is 11.7. The molecule has 106 valence electrons. The zero-order valence-electron chi connectivity index (χ0n) is 11.8. The molecule has 0 aliphatic heterocycles. The first-order chi connectivity index (χ1) is 8.93. The van der Waals surface area contributed by atoms with Crippen LogP contribution in [-0.2, 0) is 4.79 Å². The van der Waals surface area contributed by atoms with Crippen LogP contribution in [0.2, 0.25) is 0 Å². The summed E-state index contributed by atoms with van der Waals surface area (Å²) < 4.78 is 0. The van der Waals surface area contributed by atoms with Gasteiger partial charge in [-0.1, -0.05) is 6.92 Å². The number of nitrogens with one attached hydrogen (secondary N) is 2. The van der Waals surface area contributed by atoms with Gasteiger partial charge in [0.1, 0.15) is 6.04 Å². The van der Waals surface area contributed by atoms with Gasteiger partial charge in [0.25, 0.3) is 0 Å². The van der Waals surface area contributed by atoms with E-state index in [1.807, 2.05) is 6.92 Å². The summed E-state index contributed by atoms with van der Waals surface area (Å²) in [6, 6.07) is -0.441. The Morgan fingerprint density at radius 3 is 2.63 bits per heavy atom. The van der Waals surface area contributed by atoms with E-state index in [0.717, 1.165) is 6.42 Å². The molecule has 4 N–H and O–H groups in total. The van der Waals surface area contributed by atoms with Crippen molar-refractivity contribution in [3.05, 3.63) is 0 Å². The fourth-order valence-corrected chi connectivity index (χ4v) is 1.31. The van der Waals surface area contributed by atoms with Crippen molar-refractivity contribution >= 4 is 23.8 Å². The number of amides is 1. The van der Waals surface area contributed by atoms with Crippen LogP contribution in [0.15, 0.2) is 0 Å². The number of anilines is 3. The summed E-state index contributed by atoms with van der Waals surface area (Å²) in [6.45, 7) is 4.38. The molecule has 0 bridgehead atoms. The molecule has 1 heterocycles. The minimum Gasteiger partial charge on any atom is -0.368 e. The normalized spacial score (nSPS) is 11.8. The van der Waals surface area contributed by atoms with Gasteiger partial charge < -0.3 is 21.3 Å². The van der Waals surface area contributed by atoms with Crippen LogP contribution in [-0.4, -0.2) is 47.5 Å². The molecule has 0 radical (unpaired) electrons. The van der Waals surface area contributed by atoms with Gasteiger partial charge in [-0.15, -0.1) is 0 Å². The Morgan fingerprint density at radius 2 is 2.05 bits per heavy atom. The molecule has 19 heavy (non-hydrogen) atoms. The second kappa shape index (κ2) is 6.72. The van der Waals surface area contributed by atoms with E-state index in [1.54, 1.807) is 25.9 Å². The van der Waals surface area contributed by atoms with Gasteiger partial charge in [0.15, 0.2) is 0 Å². The SMILES string of the molecule is CCCNC(=O)C(C)Nc1nc(N)nc(N(C)C)n1. The number of aromatic nitrogens is 3. The molecule has 1 aromatic rings. The highest BCUT2D eigenvalue weighted by Gasteiger charge is 2.14. The van der Waals surface area contributed by atoms with E-state index in [4.69, 9.17) is 5.73 Å². The highest BCUT2D eigenvalue weighted by Crippen LogP contribution is 2.09. The van der Waals surface area contributed by atoms with E-state index in [-0.39, 0.29) is 17.8 Å². The molecule has 0 aliphatic rings. The van der Waals surface area contributed by atoms with Gasteiger partial charge in [-0.25, -0.2) is 0 Å². The van der Waals surface area contributed by atoms with Gasteiger partial charge in [-0.05, 0) is 13.3 Å². The molecule has 1 atom stereocenters. The first kappa shape index (κ1) is 14.9. The standard InChI is InChI=1S/C11H21N7O/c1-5-6-13-8(19)7(2)14-10-15-9(12)16-11(17-10)18(3)4/h7H,5-6H2,1-4H3,(H,13,19)(H3,12,14,15,16,17). The van der Waals surface area contributed by atoms with Gasteiger partial charge in [0, 0.05) is 20.6 Å². The number of carbonyl (C=O) groups is 1. The summed E-state index contributed by atoms with van der Waals surface area (Å²) in [5.74, 6) is 0.737. The first-order valence-corrected chi connectivity index (χ1v) is 6.17. The second-order valence-electron chi connectivity index (χ2n) is 4.37. The molecule has 0 saturated heterocycles. The molecule has 1 amide bonds. The third-order valence-electron chi connectivity index (χ3n) is 2.33. The van der Waals surface area contributed by atoms with Crippen molar-refractivity contribution in [3.63, 3.8) is 0 Å². The van der Waals surface area contributed by atoms with Crippen molar-refractivity contribution in [1.82, 2.24) is 20.3 Å². The minimum absolute atomic E-state index is 0.104. The number of carbonyl (C=O) groups excluding carboxylic acids is 1. The van der Waals surface area contributed by atoms with Gasteiger partial charge in [-0.3, -0.25) is 4.79 Å². The average Bonchev–Trinajstić information content (AvgIpc) is 2.34. The third-order valence-corrected chi connectivity index (χ3v) is 2.33. The van der Waals surface area contributed by atoms with E-state index in [0.29, 0.717) is 12.5 Å². The van der Waals surface area contributed by atoms with Crippen molar-refractivity contribution < 1.29 is 4.79 Å². The second-order valence-corrected chi connectivity index (χ2v) is 4.37. The van der Waals surface area contributed by atoms with Gasteiger partial charge >= 0.3 is 0 Å². The fraction of sp³-hybridized carbons (Fsp3) is 0.636. The Hall–Kier alpha value is -2.12. The predicted molar refractivity (Wildman–Crippen MR) is 75.0 cm³/mol. The number of nitrogens with two attached hydrogens (primary N) is 1. The zero-order valence-corrected chi connectivity index (χ0v) is 11.8. The Labute approximate surface area is 112 Å². The van der Waals surface area contributed by atoms with Crippen molar-refractivity contribution in [3.8, 4) is 0 Å². The molecule has 0 aromatic carbocycles. The van der Waals surface area contributed by atoms with Crippen LogP contribution < -0.4 is 21.3 Å². The number of hydrogen-bond donors (Lipinski definition) is 3. The lowest BCUT2D eigenvalue weighted by molar-refractivity contribution is -0.121. The topological polar surface area (TPSA) is 109 Å². The summed E-state index contributed by atoms with van der Waals surface area (Å²) in [7, 11) is 3.60. The monoisotopic (exact) mass is 267 g/mol. The summed E-state index contributed by atoms with van der Waals surface area (Å²) in [5, 5.41) is 5.70. The average molecular weight is 267 g/mol. The predicted octanol–water partition coefficient (Wildman–Crippen LogP) is -0.154. The number of rotatable bonds is 6. The molecule has 1 aromatic heterocycles. The van der Waals surface area contributed by atoms with Crippen LogP contribution in [0.1, 0.15) is 20.3 Å². The first-order valence-electron chi connectivity index (χ1n) is 6.17. The zero-order chi connectivity index (χ0) is 14.4. The molecule has 0 fully saturated rings. The molecular weight excluding hydrogens is 246 g/mol.